The Morgan fingerprint density at radius 3 is 1.43 bits per heavy atom. The molecule has 6 atom stereocenters. The van der Waals surface area contributed by atoms with Crippen LogP contribution in [0.25, 0.3) is 5.57 Å². The standard InChI is InChI=1S/C19H24ClN5O2.C18H22ClN5O2.C12H20B2NO3.C12H13BN3O4.C11H17N3O.C8H8BrClN2O.C6H5BrN2O3.C3H9ISi/c1-12(18(26)24-17-6-5-15(20)10-22-17)25-7-3-4-13(11-25)14-8-16(21)19(27-2)23-9-14;1-11(17(25)23-16-5-4-14(19)9-21-16)24-6-2-3-12(10-24)13-7-15(20)18(26)22-8-13;1-11(2)12(3,4)18-14(17-11)10-6-5-7-15(8-10)13-9-16;1-20-12-11(16(18)19)5-10(6-14-12)9-3-2-4-15(7-9)13-8-17;1-15-11-10(12)5-9(7-14-11)8-3-2-4-13-6-8;1-5(9)8(13)12-7-3-2-6(10)4-11-7;1-12-6-5(9(10)11)2-4(7)3-8-6;1-5(2,3)4/h5-6,8-10,12-13H,3-4,7,11,21H2,1-2H3,(H,22,24,26);4-5,7-9,11-12H,2-3,6,10,20H2,1H3,(H,22,26)(H,21,23,25);6,9H,5,7-8H2,1-4H3;3,5-6,8H,2,4,7H2,1H3;5,7-8,13H,2-4,6,12H2,1H3;2-5H,1H3,(H,11,12,13);2-3H,1H3;1-3H3/t12-,13+;11-,12+;;;;5-;;/m00...1../s1. The number of carbonyl (C=O) groups is 5. The first kappa shape index (κ1) is 113. The van der Waals surface area contributed by atoms with Crippen molar-refractivity contribution < 1.29 is 62.1 Å². The number of anilines is 6. The molecule has 730 valence electrons. The fourth-order valence-corrected chi connectivity index (χ4v) is 15.0. The molecule has 4 saturated heterocycles. The lowest BCUT2D eigenvalue weighted by Gasteiger charge is -2.36. The minimum absolute atomic E-state index is 0.00790. The monoisotopic (exact) mass is 2190 g/mol. The van der Waals surface area contributed by atoms with E-state index in [2.05, 4.69) is 155 Å². The molecular formula is C89H118B3Br2Cl3IN21O16Si. The zero-order valence-electron chi connectivity index (χ0n) is 78.5. The van der Waals surface area contributed by atoms with Crippen LogP contribution in [-0.2, 0) is 33.3 Å². The zero-order chi connectivity index (χ0) is 100. The van der Waals surface area contributed by atoms with Gasteiger partial charge in [-0.1, -0.05) is 82.5 Å². The summed E-state index contributed by atoms with van der Waals surface area (Å²) in [7, 11) is 8.57. The highest BCUT2D eigenvalue weighted by molar-refractivity contribution is 14.1. The van der Waals surface area contributed by atoms with E-state index in [9.17, 15) is 49.0 Å². The number of aromatic amines is 1. The molecule has 136 heavy (non-hydrogen) atoms. The molecule has 47 heteroatoms. The average Bonchev–Trinajstić information content (AvgIpc) is 1.62. The van der Waals surface area contributed by atoms with E-state index in [1.165, 1.54) is 77.0 Å². The Bertz CT molecular complexity index is 5380. The van der Waals surface area contributed by atoms with E-state index in [0.29, 0.717) is 84.7 Å². The number of carbonyl (C=O) groups excluding carboxylic acids is 5. The molecule has 1 unspecified atom stereocenters. The summed E-state index contributed by atoms with van der Waals surface area (Å²) in [4.78, 5) is 128. The van der Waals surface area contributed by atoms with Gasteiger partial charge in [0, 0.05) is 104 Å². The van der Waals surface area contributed by atoms with Crippen LogP contribution in [0.5, 0.6) is 23.5 Å². The van der Waals surface area contributed by atoms with E-state index in [0.717, 1.165) is 125 Å². The minimum Gasteiger partial charge on any atom is -0.480 e. The first-order valence-electron chi connectivity index (χ1n) is 43.7. The number of piperidine rings is 3. The predicted octanol–water partition coefficient (Wildman–Crippen LogP) is 14.7. The fraction of sp³-hybridized carbons (Fsp3) is 0.449. The van der Waals surface area contributed by atoms with Crippen molar-refractivity contribution >= 4 is 198 Å². The first-order valence-corrected chi connectivity index (χ1v) is 53.1. The largest absolute Gasteiger partial charge is 0.491 e. The summed E-state index contributed by atoms with van der Waals surface area (Å²) in [5.41, 5.74) is 23.1. The van der Waals surface area contributed by atoms with E-state index in [1.54, 1.807) is 83.4 Å². The smallest absolute Gasteiger partial charge is 0.480 e. The van der Waals surface area contributed by atoms with Crippen molar-refractivity contribution in [1.29, 1.82) is 0 Å². The lowest BCUT2D eigenvalue weighted by Crippen LogP contribution is -2.46. The van der Waals surface area contributed by atoms with Crippen LogP contribution in [0.15, 0.2) is 143 Å². The molecule has 0 aromatic carbocycles. The molecular weight excluding hydrogens is 2070 g/mol. The molecule has 0 saturated carbocycles. The van der Waals surface area contributed by atoms with E-state index < -0.39 is 15.4 Å². The van der Waals surface area contributed by atoms with Crippen molar-refractivity contribution in [2.75, 3.05) is 127 Å². The highest BCUT2D eigenvalue weighted by Gasteiger charge is 2.52. The normalized spacial score (nSPS) is 18.0. The van der Waals surface area contributed by atoms with Gasteiger partial charge in [-0.15, -0.1) is 21.8 Å². The maximum absolute atomic E-state index is 12.6. The van der Waals surface area contributed by atoms with Crippen LogP contribution in [0.3, 0.4) is 0 Å². The molecule has 4 fully saturated rings. The number of nitrogen functional groups attached to an aromatic ring is 3. The van der Waals surface area contributed by atoms with Gasteiger partial charge in [0.05, 0.1) is 111 Å². The third-order valence-electron chi connectivity index (χ3n) is 22.2. The second kappa shape index (κ2) is 55.8. The van der Waals surface area contributed by atoms with Gasteiger partial charge >= 0.3 is 18.5 Å². The second-order valence-corrected chi connectivity index (χ2v) is 51.3. The van der Waals surface area contributed by atoms with Gasteiger partial charge in [0.2, 0.25) is 29.5 Å². The number of nitrogens with zero attached hydrogens (tertiary/aromatic N) is 13. The SMILES string of the molecule is CC1(C)OB(C2=CCCN([B]C=O)C2)OC1(C)C.COc1ncc(Br)cc1[N+](=O)[O-].COc1ncc(C2=CCCN([B]C=O)C2)cc1[N+](=O)[O-].COc1ncc(C2CCCNC2)cc1N.COc1ncc([C@@H]2CCCN([C@@H](C)C(=O)Nc3ccc(Cl)cn3)C2)cc1N.C[C@@H](Br)C(=O)Nc1ccc(Cl)cn1.C[C@@H](C(=O)Nc1ccc(Cl)cn1)N1CCC[C@@H](c2c[nH]c(=O)c(N)c2)C1.C[Si](C)(C)I. The summed E-state index contributed by atoms with van der Waals surface area (Å²) in [6, 6.07) is 17.9. The van der Waals surface area contributed by atoms with Gasteiger partial charge in [0.25, 0.3) is 32.1 Å². The van der Waals surface area contributed by atoms with Gasteiger partial charge in [-0.25, -0.2) is 34.9 Å². The van der Waals surface area contributed by atoms with Crippen LogP contribution in [0.4, 0.5) is 45.9 Å². The van der Waals surface area contributed by atoms with Gasteiger partial charge in [-0.3, -0.25) is 49.2 Å². The van der Waals surface area contributed by atoms with E-state index >= 15 is 0 Å². The molecule has 14 heterocycles. The number of rotatable bonds is 23. The van der Waals surface area contributed by atoms with Crippen molar-refractivity contribution in [2.24, 2.45) is 0 Å². The second-order valence-electron chi connectivity index (χ2n) is 33.9. The Morgan fingerprint density at radius 2 is 1.01 bits per heavy atom. The molecule has 2 radical (unpaired) electrons. The maximum atomic E-state index is 12.6. The van der Waals surface area contributed by atoms with E-state index in [4.69, 9.17) is 75.5 Å². The Morgan fingerprint density at radius 1 is 0.596 bits per heavy atom. The topological polar surface area (TPSA) is 489 Å². The number of ether oxygens (including phenoxy) is 4. The van der Waals surface area contributed by atoms with E-state index in [1.807, 2.05) is 81.8 Å². The van der Waals surface area contributed by atoms with Crippen LogP contribution < -0.4 is 63.0 Å². The highest BCUT2D eigenvalue weighted by atomic mass is 127. The van der Waals surface area contributed by atoms with Gasteiger partial charge in [-0.2, -0.15) is 0 Å². The van der Waals surface area contributed by atoms with Gasteiger partial charge in [0.1, 0.15) is 23.0 Å². The number of nitrogens with two attached hydrogens (primary N) is 3. The van der Waals surface area contributed by atoms with Crippen molar-refractivity contribution in [3.8, 4) is 23.5 Å². The Labute approximate surface area is 840 Å². The quantitative estimate of drug-likeness (QED) is 0.00561. The van der Waals surface area contributed by atoms with Crippen LogP contribution in [-0.4, -0.2) is 249 Å². The zero-order valence-corrected chi connectivity index (χ0v) is 87.1. The van der Waals surface area contributed by atoms with Crippen molar-refractivity contribution in [2.45, 2.75) is 165 Å². The lowest BCUT2D eigenvalue weighted by atomic mass is 9.74. The number of likely N-dealkylation sites (tertiary alicyclic amines) is 2. The Hall–Kier alpha value is -9.68. The van der Waals surface area contributed by atoms with Crippen molar-refractivity contribution in [1.82, 2.24) is 64.6 Å². The minimum atomic E-state index is -0.641. The summed E-state index contributed by atoms with van der Waals surface area (Å²) < 4.78 is 32.3. The lowest BCUT2D eigenvalue weighted by molar-refractivity contribution is -0.386. The molecule has 0 bridgehead atoms. The van der Waals surface area contributed by atoms with Crippen molar-refractivity contribution in [3.63, 3.8) is 0 Å². The van der Waals surface area contributed by atoms with Crippen LogP contribution in [0.2, 0.25) is 34.7 Å². The number of nitro groups is 2. The summed E-state index contributed by atoms with van der Waals surface area (Å²) >= 11 is 26.0. The molecule has 6 aliphatic heterocycles. The maximum Gasteiger partial charge on any atom is 0.491 e. The number of amides is 3. The molecule has 14 rings (SSSR count). The Kier molecular flexibility index (Phi) is 46.5. The average molecular weight is 2190 g/mol. The number of nitrogens with one attached hydrogen (secondary N) is 5. The number of hydrogen-bond donors (Lipinski definition) is 8. The summed E-state index contributed by atoms with van der Waals surface area (Å²) in [5.74, 6) is 3.17. The van der Waals surface area contributed by atoms with Crippen LogP contribution >= 0.6 is 88.5 Å². The molecule has 8 aromatic heterocycles. The summed E-state index contributed by atoms with van der Waals surface area (Å²) in [6.07, 6.45) is 26.7. The third kappa shape index (κ3) is 36.9. The number of methoxy groups -OCH3 is 4. The summed E-state index contributed by atoms with van der Waals surface area (Å²) in [6.45, 7) is 28.9. The number of H-pyrrole nitrogens is 1. The van der Waals surface area contributed by atoms with Crippen LogP contribution in [0.1, 0.15) is 140 Å². The van der Waals surface area contributed by atoms with Gasteiger partial charge < -0.3 is 90.9 Å². The fourth-order valence-electron chi connectivity index (χ4n) is 14.2. The van der Waals surface area contributed by atoms with Crippen LogP contribution in [0, 0.1) is 20.2 Å². The molecule has 37 nitrogen and oxygen atoms in total. The molecule has 6 aliphatic rings. The molecule has 0 aliphatic carbocycles. The predicted molar refractivity (Wildman–Crippen MR) is 554 cm³/mol. The van der Waals surface area contributed by atoms with E-state index in [-0.39, 0.29) is 99.2 Å². The molecule has 3 amide bonds. The number of pyridine rings is 8. The highest BCUT2D eigenvalue weighted by Crippen LogP contribution is 2.40. The molecule has 0 spiro atoms. The van der Waals surface area contributed by atoms with Gasteiger partial charge in [-0.05, 0) is 249 Å². The van der Waals surface area contributed by atoms with Gasteiger partial charge in [0.15, 0.2) is 0 Å². The number of halogens is 6. The molecule has 11 N–H and O–H groups in total. The summed E-state index contributed by atoms with van der Waals surface area (Å²) in [5, 5.41) is 34.6. The van der Waals surface area contributed by atoms with Crippen molar-refractivity contribution in [3.05, 3.63) is 206 Å². The first-order chi connectivity index (χ1) is 64.5. The third-order valence-corrected chi connectivity index (χ3v) is 23.7. The molecule has 8 aromatic rings. The number of hydrogen-bond acceptors (Lipinski definition) is 31. The Balaban J connectivity index is 0.000000218. The number of aromatic nitrogens is 8. The number of alkyl halides is 1.